The van der Waals surface area contributed by atoms with Crippen LogP contribution in [0.2, 0.25) is 0 Å². The largest absolute Gasteiger partial charge is 0.398 e. The van der Waals surface area contributed by atoms with Gasteiger partial charge in [-0.2, -0.15) is 5.26 Å². The Morgan fingerprint density at radius 2 is 2.56 bits per heavy atom. The highest BCUT2D eigenvalue weighted by Crippen LogP contribution is 2.18. The van der Waals surface area contributed by atoms with Crippen LogP contribution in [0.1, 0.15) is 4.88 Å². The fraction of sp³-hybridized carbons (Fsp3) is 0.167. The minimum Gasteiger partial charge on any atom is -0.398 e. The molecule has 3 heteroatoms. The molecule has 46 valence electrons. The zero-order valence-corrected chi connectivity index (χ0v) is 5.61. The number of nitrogens with two attached hydrogens (primary N) is 1. The molecule has 2 nitrogen and oxygen atoms in total. The molecule has 0 amide bonds. The monoisotopic (exact) mass is 138 g/mol. The van der Waals surface area contributed by atoms with Gasteiger partial charge in [-0.3, -0.25) is 0 Å². The molecule has 0 saturated heterocycles. The number of nitriles is 1. The van der Waals surface area contributed by atoms with Crippen LogP contribution in [0.25, 0.3) is 0 Å². The quantitative estimate of drug-likeness (QED) is 0.637. The lowest BCUT2D eigenvalue weighted by molar-refractivity contribution is 1.32. The summed E-state index contributed by atoms with van der Waals surface area (Å²) in [6, 6.07) is 3.86. The van der Waals surface area contributed by atoms with Gasteiger partial charge in [-0.1, -0.05) is 0 Å². The van der Waals surface area contributed by atoms with Crippen LogP contribution in [0.3, 0.4) is 0 Å². The molecule has 0 spiro atoms. The van der Waals surface area contributed by atoms with Crippen LogP contribution in [0.5, 0.6) is 0 Å². The highest BCUT2D eigenvalue weighted by Gasteiger charge is 1.96. The van der Waals surface area contributed by atoms with E-state index in [9.17, 15) is 0 Å². The van der Waals surface area contributed by atoms with Gasteiger partial charge in [-0.05, 0) is 11.4 Å². The molecule has 0 aliphatic heterocycles. The molecule has 0 bridgehead atoms. The Kier molecular flexibility index (Phi) is 1.71. The van der Waals surface area contributed by atoms with Gasteiger partial charge in [-0.15, -0.1) is 11.3 Å². The van der Waals surface area contributed by atoms with Crippen molar-refractivity contribution >= 4 is 17.0 Å². The summed E-state index contributed by atoms with van der Waals surface area (Å²) < 4.78 is 0. The van der Waals surface area contributed by atoms with Crippen molar-refractivity contribution in [3.63, 3.8) is 0 Å². The Bertz CT molecular complexity index is 233. The molecule has 0 unspecified atom stereocenters. The van der Waals surface area contributed by atoms with Gasteiger partial charge < -0.3 is 5.73 Å². The van der Waals surface area contributed by atoms with E-state index in [4.69, 9.17) is 11.0 Å². The number of hydrogen-bond acceptors (Lipinski definition) is 3. The third-order valence-corrected chi connectivity index (χ3v) is 1.96. The molecular weight excluding hydrogens is 132 g/mol. The second-order valence-electron chi connectivity index (χ2n) is 1.63. The van der Waals surface area contributed by atoms with Gasteiger partial charge in [0.2, 0.25) is 0 Å². The molecule has 0 fully saturated rings. The van der Waals surface area contributed by atoms with E-state index in [2.05, 4.69) is 0 Å². The van der Waals surface area contributed by atoms with Crippen LogP contribution in [0, 0.1) is 11.3 Å². The number of nitrogens with zero attached hydrogens (tertiary/aromatic N) is 1. The van der Waals surface area contributed by atoms with Crippen molar-refractivity contribution in [3.05, 3.63) is 16.3 Å². The molecule has 1 heterocycles. The number of anilines is 1. The first kappa shape index (κ1) is 6.12. The number of hydrogen-bond donors (Lipinski definition) is 1. The minimum absolute atomic E-state index is 0.434. The van der Waals surface area contributed by atoms with Crippen LogP contribution in [0.4, 0.5) is 5.69 Å². The van der Waals surface area contributed by atoms with Gasteiger partial charge in [0.15, 0.2) is 0 Å². The van der Waals surface area contributed by atoms with Crippen LogP contribution >= 0.6 is 11.3 Å². The number of rotatable bonds is 1. The lowest BCUT2D eigenvalue weighted by Gasteiger charge is -1.86. The van der Waals surface area contributed by atoms with Gasteiger partial charge in [-0.25, -0.2) is 0 Å². The van der Waals surface area contributed by atoms with Gasteiger partial charge >= 0.3 is 0 Å². The molecule has 0 aromatic carbocycles. The first-order valence-electron chi connectivity index (χ1n) is 2.53. The maximum Gasteiger partial charge on any atom is 0.0716 e. The van der Waals surface area contributed by atoms with Crippen molar-refractivity contribution in [1.29, 1.82) is 5.26 Å². The Hall–Kier alpha value is -1.01. The highest BCUT2D eigenvalue weighted by molar-refractivity contribution is 7.10. The summed E-state index contributed by atoms with van der Waals surface area (Å²) >= 11 is 1.53. The summed E-state index contributed by atoms with van der Waals surface area (Å²) in [6.45, 7) is 0. The van der Waals surface area contributed by atoms with Gasteiger partial charge in [0.05, 0.1) is 12.5 Å². The van der Waals surface area contributed by atoms with E-state index in [-0.39, 0.29) is 0 Å². The summed E-state index contributed by atoms with van der Waals surface area (Å²) in [4.78, 5) is 0.970. The van der Waals surface area contributed by atoms with Crippen molar-refractivity contribution in [2.75, 3.05) is 5.73 Å². The average Bonchev–Trinajstić information content (AvgIpc) is 2.18. The molecule has 0 aliphatic rings. The SMILES string of the molecule is N#CCc1sccc1N. The van der Waals surface area contributed by atoms with E-state index in [1.165, 1.54) is 11.3 Å². The van der Waals surface area contributed by atoms with E-state index in [1.807, 2.05) is 17.5 Å². The van der Waals surface area contributed by atoms with Gasteiger partial charge in [0.1, 0.15) is 0 Å². The topological polar surface area (TPSA) is 49.8 Å². The Morgan fingerprint density at radius 1 is 1.78 bits per heavy atom. The smallest absolute Gasteiger partial charge is 0.0716 e. The highest BCUT2D eigenvalue weighted by atomic mass is 32.1. The maximum absolute atomic E-state index is 8.26. The van der Waals surface area contributed by atoms with E-state index in [0.29, 0.717) is 6.42 Å². The average molecular weight is 138 g/mol. The fourth-order valence-corrected chi connectivity index (χ4v) is 1.30. The second-order valence-corrected chi connectivity index (χ2v) is 2.63. The standard InChI is InChI=1S/C6H6N2S/c7-3-1-6-5(8)2-4-9-6/h2,4H,1,8H2. The first-order chi connectivity index (χ1) is 4.34. The van der Waals surface area contributed by atoms with Crippen LogP contribution in [-0.4, -0.2) is 0 Å². The molecule has 0 saturated carbocycles. The Balaban J connectivity index is 2.84. The Labute approximate surface area is 57.5 Å². The Morgan fingerprint density at radius 3 is 3.00 bits per heavy atom. The second kappa shape index (κ2) is 2.51. The normalized spacial score (nSPS) is 8.78. The molecule has 0 atom stereocenters. The van der Waals surface area contributed by atoms with Crippen molar-refractivity contribution in [2.24, 2.45) is 0 Å². The van der Waals surface area contributed by atoms with Crippen molar-refractivity contribution in [3.8, 4) is 6.07 Å². The minimum atomic E-state index is 0.434. The van der Waals surface area contributed by atoms with Crippen LogP contribution in [0.15, 0.2) is 11.4 Å². The van der Waals surface area contributed by atoms with E-state index in [0.717, 1.165) is 10.6 Å². The van der Waals surface area contributed by atoms with Crippen molar-refractivity contribution in [2.45, 2.75) is 6.42 Å². The predicted octanol–water partition coefficient (Wildman–Crippen LogP) is 1.40. The molecule has 1 aromatic rings. The van der Waals surface area contributed by atoms with E-state index >= 15 is 0 Å². The number of nitrogen functional groups attached to an aromatic ring is 1. The zero-order valence-electron chi connectivity index (χ0n) is 4.79. The van der Waals surface area contributed by atoms with E-state index < -0.39 is 0 Å². The van der Waals surface area contributed by atoms with Crippen molar-refractivity contribution in [1.82, 2.24) is 0 Å². The first-order valence-corrected chi connectivity index (χ1v) is 3.41. The third kappa shape index (κ3) is 1.21. The maximum atomic E-state index is 8.26. The van der Waals surface area contributed by atoms with E-state index in [1.54, 1.807) is 0 Å². The summed E-state index contributed by atoms with van der Waals surface area (Å²) in [6.07, 6.45) is 0.434. The predicted molar refractivity (Wildman–Crippen MR) is 38.0 cm³/mol. The van der Waals surface area contributed by atoms with Gasteiger partial charge in [0.25, 0.3) is 0 Å². The molecule has 2 N–H and O–H groups in total. The number of thiophene rings is 1. The molecule has 0 aliphatic carbocycles. The third-order valence-electron chi connectivity index (χ3n) is 1.02. The summed E-state index contributed by atoms with van der Waals surface area (Å²) in [5, 5.41) is 10.2. The molecule has 9 heavy (non-hydrogen) atoms. The lowest BCUT2D eigenvalue weighted by Crippen LogP contribution is -1.85. The van der Waals surface area contributed by atoms with Crippen molar-refractivity contribution < 1.29 is 0 Å². The zero-order chi connectivity index (χ0) is 6.69. The summed E-state index contributed by atoms with van der Waals surface area (Å²) in [5.74, 6) is 0. The molecular formula is C6H6N2S. The lowest BCUT2D eigenvalue weighted by atomic mass is 10.3. The fourth-order valence-electron chi connectivity index (χ4n) is 0.566. The molecule has 1 aromatic heterocycles. The molecule has 1 rings (SSSR count). The van der Waals surface area contributed by atoms with Gasteiger partial charge in [0, 0.05) is 10.6 Å². The summed E-state index contributed by atoms with van der Waals surface area (Å²) in [7, 11) is 0. The molecule has 0 radical (unpaired) electrons. The van der Waals surface area contributed by atoms with Crippen LogP contribution < -0.4 is 5.73 Å². The summed E-state index contributed by atoms with van der Waals surface area (Å²) in [5.41, 5.74) is 6.22. The van der Waals surface area contributed by atoms with Crippen LogP contribution in [-0.2, 0) is 6.42 Å².